The highest BCUT2D eigenvalue weighted by Crippen LogP contribution is 2.46. The summed E-state index contributed by atoms with van der Waals surface area (Å²) < 4.78 is 5.04. The van der Waals surface area contributed by atoms with E-state index in [1.807, 2.05) is 0 Å². The van der Waals surface area contributed by atoms with Crippen molar-refractivity contribution in [3.05, 3.63) is 12.7 Å². The van der Waals surface area contributed by atoms with Crippen molar-refractivity contribution in [2.75, 3.05) is 6.61 Å². The van der Waals surface area contributed by atoms with Gasteiger partial charge < -0.3 is 15.2 Å². The molecule has 19 heavy (non-hydrogen) atoms. The summed E-state index contributed by atoms with van der Waals surface area (Å²) >= 11 is 0. The number of rotatable bonds is 5. The van der Waals surface area contributed by atoms with Crippen LogP contribution in [0.15, 0.2) is 12.7 Å². The second-order valence-electron chi connectivity index (χ2n) is 5.39. The van der Waals surface area contributed by atoms with E-state index in [9.17, 15) is 14.7 Å². The van der Waals surface area contributed by atoms with Gasteiger partial charge in [0.05, 0.1) is 12.7 Å². The van der Waals surface area contributed by atoms with Crippen molar-refractivity contribution in [1.82, 2.24) is 5.32 Å². The molecule has 0 saturated heterocycles. The lowest BCUT2D eigenvalue weighted by Gasteiger charge is -2.19. The third-order valence-corrected chi connectivity index (χ3v) is 4.06. The normalized spacial score (nSPS) is 36.6. The van der Waals surface area contributed by atoms with Crippen LogP contribution in [0.3, 0.4) is 0 Å². The highest BCUT2D eigenvalue weighted by molar-refractivity contribution is 5.92. The van der Waals surface area contributed by atoms with E-state index in [0.29, 0.717) is 32.3 Å². The first-order valence-corrected chi connectivity index (χ1v) is 6.83. The molecule has 5 nitrogen and oxygen atoms in total. The van der Waals surface area contributed by atoms with Gasteiger partial charge in [-0.3, -0.25) is 4.79 Å². The van der Waals surface area contributed by atoms with E-state index >= 15 is 0 Å². The minimum atomic E-state index is -0.914. The number of carbonyl (C=O) groups excluding carboxylic acids is 2. The van der Waals surface area contributed by atoms with Crippen LogP contribution in [0, 0.1) is 11.8 Å². The fraction of sp³-hybridized carbons (Fsp3) is 0.714. The largest absolute Gasteiger partial charge is 0.464 e. The van der Waals surface area contributed by atoms with Gasteiger partial charge in [0.25, 0.3) is 0 Å². The average Bonchev–Trinajstić information content (AvgIpc) is 2.92. The smallest absolute Gasteiger partial charge is 0.332 e. The number of hydrogen-bond acceptors (Lipinski definition) is 4. The van der Waals surface area contributed by atoms with Crippen molar-refractivity contribution < 1.29 is 19.4 Å². The molecule has 0 aromatic carbocycles. The standard InChI is InChI=1S/C14H21NO4/c1-3-10-8-14(10,13(18)19-4-2)15-12(17)9-5-6-11(16)7-9/h3,9-11,16H,1,4-8H2,2H3,(H,15,17). The molecular weight excluding hydrogens is 246 g/mol. The van der Waals surface area contributed by atoms with Gasteiger partial charge in [0.1, 0.15) is 5.54 Å². The number of carbonyl (C=O) groups is 2. The SMILES string of the molecule is C=CC1CC1(NC(=O)C1CCC(O)C1)C(=O)OCC. The highest BCUT2D eigenvalue weighted by Gasteiger charge is 2.61. The lowest BCUT2D eigenvalue weighted by atomic mass is 10.1. The topological polar surface area (TPSA) is 75.6 Å². The fourth-order valence-corrected chi connectivity index (χ4v) is 2.78. The minimum Gasteiger partial charge on any atom is -0.464 e. The van der Waals surface area contributed by atoms with Gasteiger partial charge in [-0.05, 0) is 32.6 Å². The maximum absolute atomic E-state index is 12.2. The zero-order valence-electron chi connectivity index (χ0n) is 11.2. The molecule has 4 atom stereocenters. The van der Waals surface area contributed by atoms with E-state index in [1.54, 1.807) is 13.0 Å². The number of aliphatic hydroxyl groups excluding tert-OH is 1. The molecule has 0 aliphatic heterocycles. The maximum Gasteiger partial charge on any atom is 0.332 e. The fourth-order valence-electron chi connectivity index (χ4n) is 2.78. The number of amides is 1. The van der Waals surface area contributed by atoms with Gasteiger partial charge >= 0.3 is 5.97 Å². The molecule has 0 heterocycles. The summed E-state index contributed by atoms with van der Waals surface area (Å²) in [5.74, 6) is -0.796. The Balaban J connectivity index is 2.00. The van der Waals surface area contributed by atoms with Gasteiger partial charge in [0.15, 0.2) is 0 Å². The third-order valence-electron chi connectivity index (χ3n) is 4.06. The van der Waals surface area contributed by atoms with E-state index in [-0.39, 0.29) is 23.7 Å². The van der Waals surface area contributed by atoms with Gasteiger partial charge in [-0.1, -0.05) is 6.08 Å². The number of ether oxygens (including phenoxy) is 1. The molecule has 0 bridgehead atoms. The molecule has 0 spiro atoms. The molecule has 2 N–H and O–H groups in total. The quantitative estimate of drug-likeness (QED) is 0.570. The van der Waals surface area contributed by atoms with Crippen molar-refractivity contribution in [1.29, 1.82) is 0 Å². The Bertz CT molecular complexity index is 395. The molecular formula is C14H21NO4. The predicted molar refractivity (Wildman–Crippen MR) is 69.2 cm³/mol. The Morgan fingerprint density at radius 1 is 1.53 bits per heavy atom. The molecule has 2 aliphatic rings. The second-order valence-corrected chi connectivity index (χ2v) is 5.39. The van der Waals surface area contributed by atoms with Crippen LogP contribution in [-0.2, 0) is 14.3 Å². The third kappa shape index (κ3) is 2.66. The summed E-state index contributed by atoms with van der Waals surface area (Å²) in [5.41, 5.74) is -0.914. The number of esters is 1. The highest BCUT2D eigenvalue weighted by atomic mass is 16.5. The zero-order chi connectivity index (χ0) is 14.0. The van der Waals surface area contributed by atoms with Crippen LogP contribution in [0.2, 0.25) is 0 Å². The van der Waals surface area contributed by atoms with Gasteiger partial charge in [0.2, 0.25) is 5.91 Å². The lowest BCUT2D eigenvalue weighted by molar-refractivity contribution is -0.149. The van der Waals surface area contributed by atoms with Crippen LogP contribution in [0.1, 0.15) is 32.6 Å². The van der Waals surface area contributed by atoms with Crippen molar-refractivity contribution in [3.8, 4) is 0 Å². The molecule has 0 radical (unpaired) electrons. The Labute approximate surface area is 113 Å². The Morgan fingerprint density at radius 2 is 2.26 bits per heavy atom. The first-order chi connectivity index (χ1) is 9.03. The molecule has 0 aromatic heterocycles. The van der Waals surface area contributed by atoms with Crippen LogP contribution >= 0.6 is 0 Å². The average molecular weight is 267 g/mol. The van der Waals surface area contributed by atoms with Crippen LogP contribution in [0.25, 0.3) is 0 Å². The minimum absolute atomic E-state index is 0.0539. The molecule has 106 valence electrons. The van der Waals surface area contributed by atoms with Crippen molar-refractivity contribution >= 4 is 11.9 Å². The van der Waals surface area contributed by atoms with E-state index in [1.165, 1.54) is 0 Å². The number of nitrogens with one attached hydrogen (secondary N) is 1. The number of aliphatic hydroxyl groups is 1. The zero-order valence-corrected chi connectivity index (χ0v) is 11.2. The van der Waals surface area contributed by atoms with Gasteiger partial charge in [-0.15, -0.1) is 6.58 Å². The summed E-state index contributed by atoms with van der Waals surface area (Å²) in [7, 11) is 0. The lowest BCUT2D eigenvalue weighted by Crippen LogP contribution is -2.47. The second kappa shape index (κ2) is 5.33. The van der Waals surface area contributed by atoms with Crippen LogP contribution in [0.4, 0.5) is 0 Å². The molecule has 2 rings (SSSR count). The first kappa shape index (κ1) is 14.1. The molecule has 5 heteroatoms. The van der Waals surface area contributed by atoms with E-state index in [2.05, 4.69) is 11.9 Å². The van der Waals surface area contributed by atoms with E-state index in [4.69, 9.17) is 4.74 Å². The van der Waals surface area contributed by atoms with E-state index < -0.39 is 11.6 Å². The molecule has 4 unspecified atom stereocenters. The number of hydrogen-bond donors (Lipinski definition) is 2. The predicted octanol–water partition coefficient (Wildman–Crippen LogP) is 0.771. The first-order valence-electron chi connectivity index (χ1n) is 6.83. The summed E-state index contributed by atoms with van der Waals surface area (Å²) in [6, 6.07) is 0. The molecule has 2 aliphatic carbocycles. The van der Waals surface area contributed by atoms with Crippen molar-refractivity contribution in [2.24, 2.45) is 11.8 Å². The van der Waals surface area contributed by atoms with Crippen LogP contribution in [0.5, 0.6) is 0 Å². The van der Waals surface area contributed by atoms with Crippen molar-refractivity contribution in [3.63, 3.8) is 0 Å². The van der Waals surface area contributed by atoms with Crippen molar-refractivity contribution in [2.45, 2.75) is 44.2 Å². The Kier molecular flexibility index (Phi) is 3.94. The Hall–Kier alpha value is -1.36. The van der Waals surface area contributed by atoms with Gasteiger partial charge in [0, 0.05) is 11.8 Å². The van der Waals surface area contributed by atoms with Crippen LogP contribution in [-0.4, -0.2) is 35.2 Å². The van der Waals surface area contributed by atoms with Crippen LogP contribution < -0.4 is 5.32 Å². The molecule has 2 fully saturated rings. The van der Waals surface area contributed by atoms with E-state index in [0.717, 1.165) is 0 Å². The molecule has 1 amide bonds. The molecule has 2 saturated carbocycles. The monoisotopic (exact) mass is 267 g/mol. The summed E-state index contributed by atoms with van der Waals surface area (Å²) in [4.78, 5) is 24.1. The van der Waals surface area contributed by atoms with Gasteiger partial charge in [-0.25, -0.2) is 4.79 Å². The summed E-state index contributed by atoms with van der Waals surface area (Å²) in [6.07, 6.45) is 3.63. The summed E-state index contributed by atoms with van der Waals surface area (Å²) in [5, 5.41) is 12.3. The Morgan fingerprint density at radius 3 is 2.74 bits per heavy atom. The summed E-state index contributed by atoms with van der Waals surface area (Å²) in [6.45, 7) is 5.71. The van der Waals surface area contributed by atoms with Gasteiger partial charge in [-0.2, -0.15) is 0 Å². The maximum atomic E-state index is 12.2. The molecule has 0 aromatic rings.